The Morgan fingerprint density at radius 2 is 1.05 bits per heavy atom. The van der Waals surface area contributed by atoms with Crippen molar-refractivity contribution in [3.05, 3.63) is 210 Å². The van der Waals surface area contributed by atoms with Gasteiger partial charge >= 0.3 is 26.6 Å². The molecule has 0 unspecified atom stereocenters. The molecule has 8 rings (SSSR count). The lowest BCUT2D eigenvalue weighted by molar-refractivity contribution is -0.401. The van der Waals surface area contributed by atoms with Crippen LogP contribution in [0, 0.1) is 6.92 Å². The Hall–Kier alpha value is -4.83. The first-order chi connectivity index (χ1) is 30.4. The number of fused-ring (bicyclic) bond motifs is 1. The molecule has 2 aliphatic rings. The molecule has 0 aliphatic carbocycles. The van der Waals surface area contributed by atoms with Crippen LogP contribution in [0.2, 0.25) is 0 Å². The first kappa shape index (κ1) is 55.5. The summed E-state index contributed by atoms with van der Waals surface area (Å²) in [5.41, 5.74) is 10.5. The SMILES string of the molecule is C[N+]1=C(C=CC=C2C=C(c3ccc(Br)cc3)C=C(c3ccc(Br)cc3)O2)C(C)(C)c2ccccc21.Cc1cc(-c2ccc(Br)cc2)cc(-c2ccc(Br)cc2)[o+]1.FB(F)F.FB(F)F.[F-].[F-]. The number of hydrogen-bond acceptors (Lipinski definition) is 1. The topological polar surface area (TPSA) is 23.5 Å². The maximum absolute atomic E-state index is 9.67. The number of benzene rings is 5. The highest BCUT2D eigenvalue weighted by atomic mass is 79.9. The van der Waals surface area contributed by atoms with Crippen molar-refractivity contribution in [1.29, 1.82) is 0 Å². The number of ether oxygens (including phenoxy) is 1. The van der Waals surface area contributed by atoms with Gasteiger partial charge in [0.15, 0.2) is 5.71 Å². The molecule has 0 fully saturated rings. The fourth-order valence-electron chi connectivity index (χ4n) is 6.91. The summed E-state index contributed by atoms with van der Waals surface area (Å²) in [6, 6.07) is 45.8. The van der Waals surface area contributed by atoms with Gasteiger partial charge in [-0.1, -0.05) is 124 Å². The van der Waals surface area contributed by atoms with Gasteiger partial charge < -0.3 is 14.1 Å². The lowest BCUT2D eigenvalue weighted by Gasteiger charge is -2.18. The first-order valence-corrected chi connectivity index (χ1v) is 22.6. The average Bonchev–Trinajstić information content (AvgIpc) is 3.44. The molecule has 1 aromatic heterocycles. The van der Waals surface area contributed by atoms with E-state index in [1.54, 1.807) is 0 Å². The van der Waals surface area contributed by atoms with Gasteiger partial charge in [0.2, 0.25) is 5.69 Å². The van der Waals surface area contributed by atoms with Gasteiger partial charge in [-0.2, -0.15) is 4.58 Å². The molecule has 0 saturated heterocycles. The number of aryl methyl sites for hydroxylation is 1. The van der Waals surface area contributed by atoms with Gasteiger partial charge in [-0.25, -0.2) is 4.42 Å². The minimum atomic E-state index is -3.67. The van der Waals surface area contributed by atoms with Gasteiger partial charge in [-0.05, 0) is 109 Å². The summed E-state index contributed by atoms with van der Waals surface area (Å²) in [6.07, 6.45) is 10.5. The minimum absolute atomic E-state index is 0. The van der Waals surface area contributed by atoms with Gasteiger partial charge in [-0.3, -0.25) is 25.9 Å². The van der Waals surface area contributed by atoms with Crippen molar-refractivity contribution in [2.75, 3.05) is 7.05 Å². The van der Waals surface area contributed by atoms with Gasteiger partial charge in [0.1, 0.15) is 18.6 Å². The molecule has 3 heterocycles. The van der Waals surface area contributed by atoms with Crippen LogP contribution in [-0.4, -0.2) is 32.4 Å². The third-order valence-corrected chi connectivity index (χ3v) is 11.9. The van der Waals surface area contributed by atoms with E-state index in [-0.39, 0.29) is 14.8 Å². The summed E-state index contributed by atoms with van der Waals surface area (Å²) in [4.78, 5) is 0. The number of halogens is 12. The van der Waals surface area contributed by atoms with Gasteiger partial charge in [0.05, 0.1) is 24.0 Å². The Morgan fingerprint density at radius 1 is 0.591 bits per heavy atom. The van der Waals surface area contributed by atoms with Crippen molar-refractivity contribution < 1.29 is 49.0 Å². The Kier molecular flexibility index (Phi) is 21.8. The Morgan fingerprint density at radius 3 is 1.55 bits per heavy atom. The minimum Gasteiger partial charge on any atom is -1.00 e. The highest BCUT2D eigenvalue weighted by Crippen LogP contribution is 2.39. The summed E-state index contributed by atoms with van der Waals surface area (Å²) in [5.74, 6) is 3.40. The molecule has 5 aromatic carbocycles. The van der Waals surface area contributed by atoms with Crippen LogP contribution in [0.15, 0.2) is 192 Å². The molecule has 17 heteroatoms. The molecule has 6 aromatic rings. The zero-order valence-electron chi connectivity index (χ0n) is 35.5. The van der Waals surface area contributed by atoms with Gasteiger partial charge in [-0.15, -0.1) is 0 Å². The van der Waals surface area contributed by atoms with Crippen molar-refractivity contribution in [3.8, 4) is 22.5 Å². The van der Waals surface area contributed by atoms with E-state index in [9.17, 15) is 25.9 Å². The van der Waals surface area contributed by atoms with Crippen LogP contribution in [0.4, 0.5) is 31.6 Å². The van der Waals surface area contributed by atoms with E-state index in [0.717, 1.165) is 68.8 Å². The molecule has 0 saturated carbocycles. The Bertz CT molecular complexity index is 2620. The molecule has 0 spiro atoms. The van der Waals surface area contributed by atoms with Crippen LogP contribution in [0.5, 0.6) is 0 Å². The van der Waals surface area contributed by atoms with Crippen LogP contribution in [-0.2, 0) is 10.2 Å². The molecule has 0 amide bonds. The van der Waals surface area contributed by atoms with Crippen molar-refractivity contribution in [2.45, 2.75) is 26.2 Å². The highest BCUT2D eigenvalue weighted by molar-refractivity contribution is 9.11. The van der Waals surface area contributed by atoms with E-state index in [2.05, 4.69) is 198 Å². The van der Waals surface area contributed by atoms with Crippen LogP contribution in [0.25, 0.3) is 33.8 Å². The van der Waals surface area contributed by atoms with E-state index in [4.69, 9.17) is 9.15 Å². The fraction of sp³-hybridized carbons (Fsp3) is 0.102. The van der Waals surface area contributed by atoms with Crippen LogP contribution < -0.4 is 9.41 Å². The number of para-hydroxylation sites is 1. The summed E-state index contributed by atoms with van der Waals surface area (Å²) in [6.45, 7) is 6.53. The summed E-state index contributed by atoms with van der Waals surface area (Å²) < 4.78 is 76.7. The van der Waals surface area contributed by atoms with Crippen LogP contribution in [0.1, 0.15) is 36.3 Å². The largest absolute Gasteiger partial charge is 1.00 e. The van der Waals surface area contributed by atoms with E-state index >= 15 is 0 Å². The molecule has 66 heavy (non-hydrogen) atoms. The number of hydrogen-bond donors (Lipinski definition) is 0. The number of rotatable bonds is 6. The normalized spacial score (nSPS) is 13.7. The zero-order chi connectivity index (χ0) is 46.6. The Balaban J connectivity index is 0.000000317. The van der Waals surface area contributed by atoms with Gasteiger partial charge in [0.25, 0.3) is 0 Å². The second kappa shape index (κ2) is 25.9. The smallest absolute Gasteiger partial charge is 0.762 e. The van der Waals surface area contributed by atoms with Crippen molar-refractivity contribution >= 4 is 102 Å². The maximum atomic E-state index is 9.67. The molecular formula is C49H39B2Br4F8NO2. The van der Waals surface area contributed by atoms with Crippen molar-refractivity contribution in [2.24, 2.45) is 0 Å². The second-order valence-electron chi connectivity index (χ2n) is 14.6. The quantitative estimate of drug-likeness (QED) is 0.0718. The Labute approximate surface area is 413 Å². The molecular weight excluding hydrogens is 1130 g/mol. The summed E-state index contributed by atoms with van der Waals surface area (Å²) in [7, 11) is -5.20. The molecule has 2 aliphatic heterocycles. The van der Waals surface area contributed by atoms with E-state index in [1.165, 1.54) is 22.5 Å². The second-order valence-corrected chi connectivity index (χ2v) is 18.2. The molecule has 0 bridgehead atoms. The standard InChI is InChI=1S/C31H26Br2NO.C18H13Br2O.2BF3.2FH/c1-31(2)27-8-4-5-9-28(27)34(3)30(31)10-6-7-26-19-23(21-11-15-24(32)16-12-21)20-29(35-26)22-13-17-25(33)18-14-22;1-12-10-15(13-2-6-16(19)7-3-13)11-18(21-12)14-4-8-17(20)9-5-14;2*2-1(3)4;;/h4-20H,1-3H3;2-11H,1H3;;;2*1H/q2*+1;;;;/p-2. The van der Waals surface area contributed by atoms with E-state index in [1.807, 2.05) is 61.5 Å². The number of nitrogens with zero attached hydrogens (tertiary/aromatic N) is 1. The molecule has 0 N–H and O–H groups in total. The molecule has 342 valence electrons. The average molecular weight is 1170 g/mol. The van der Waals surface area contributed by atoms with Crippen molar-refractivity contribution in [3.63, 3.8) is 0 Å². The molecule has 3 nitrogen and oxygen atoms in total. The summed E-state index contributed by atoms with van der Waals surface area (Å²) >= 11 is 14.0. The lowest BCUT2D eigenvalue weighted by atomic mass is 9.81. The van der Waals surface area contributed by atoms with Crippen LogP contribution in [0.3, 0.4) is 0 Å². The van der Waals surface area contributed by atoms with E-state index in [0.29, 0.717) is 0 Å². The highest BCUT2D eigenvalue weighted by Gasteiger charge is 2.42. The maximum Gasteiger partial charge on any atom is 0.762 e. The third-order valence-electron chi connectivity index (χ3n) is 9.80. The number of allylic oxidation sites excluding steroid dienone is 6. The first-order valence-electron chi connectivity index (χ1n) is 19.4. The summed E-state index contributed by atoms with van der Waals surface area (Å²) in [5, 5.41) is 0. The third kappa shape index (κ3) is 15.9. The van der Waals surface area contributed by atoms with E-state index < -0.39 is 15.1 Å². The zero-order valence-corrected chi connectivity index (χ0v) is 41.9. The molecule has 0 atom stereocenters. The van der Waals surface area contributed by atoms with Crippen LogP contribution >= 0.6 is 63.7 Å². The predicted molar refractivity (Wildman–Crippen MR) is 265 cm³/mol. The predicted octanol–water partition coefficient (Wildman–Crippen LogP) is 11.3. The monoisotopic (exact) mass is 1160 g/mol. The fourth-order valence-corrected chi connectivity index (χ4v) is 7.96. The lowest BCUT2D eigenvalue weighted by Crippen LogP contribution is -3.00. The molecule has 0 radical (unpaired) electrons. The van der Waals surface area contributed by atoms with Crippen molar-refractivity contribution in [1.82, 2.24) is 0 Å². The van der Waals surface area contributed by atoms with Gasteiger partial charge in [0, 0.05) is 52.8 Å².